The van der Waals surface area contributed by atoms with Gasteiger partial charge in [-0.25, -0.2) is 13.4 Å². The molecular formula is C21H22BrN3O3S2. The Morgan fingerprint density at radius 2 is 2.00 bits per heavy atom. The fraction of sp³-hybridized carbons (Fsp3) is 0.333. The minimum Gasteiger partial charge on any atom is -0.282 e. The van der Waals surface area contributed by atoms with Crippen LogP contribution in [-0.2, 0) is 21.4 Å². The number of fused-ring (bicyclic) bond motifs is 1. The van der Waals surface area contributed by atoms with Crippen molar-refractivity contribution in [3.8, 4) is 0 Å². The van der Waals surface area contributed by atoms with Crippen molar-refractivity contribution >= 4 is 58.5 Å². The van der Waals surface area contributed by atoms with Gasteiger partial charge in [-0.3, -0.25) is 9.69 Å². The highest BCUT2D eigenvalue weighted by atomic mass is 79.9. The first-order valence-electron chi connectivity index (χ1n) is 9.71. The third-order valence-corrected chi connectivity index (χ3v) is 8.01. The van der Waals surface area contributed by atoms with E-state index in [9.17, 15) is 13.2 Å². The number of carbonyl (C=O) groups is 1. The van der Waals surface area contributed by atoms with Crippen molar-refractivity contribution in [1.82, 2.24) is 9.29 Å². The Balaban J connectivity index is 1.74. The largest absolute Gasteiger partial charge is 0.282 e. The molecule has 158 valence electrons. The number of hydrogen-bond donors (Lipinski definition) is 0. The number of hydrogen-bond acceptors (Lipinski definition) is 5. The van der Waals surface area contributed by atoms with E-state index < -0.39 is 16.1 Å². The summed E-state index contributed by atoms with van der Waals surface area (Å²) in [5, 5.41) is 0.580. The van der Waals surface area contributed by atoms with Crippen LogP contribution in [-0.4, -0.2) is 42.5 Å². The minimum absolute atomic E-state index is 0.220. The van der Waals surface area contributed by atoms with E-state index >= 15 is 0 Å². The first kappa shape index (κ1) is 21.4. The van der Waals surface area contributed by atoms with Gasteiger partial charge in [-0.05, 0) is 36.6 Å². The molecule has 0 saturated carbocycles. The zero-order valence-electron chi connectivity index (χ0n) is 16.5. The summed E-state index contributed by atoms with van der Waals surface area (Å²) >= 11 is 4.91. The van der Waals surface area contributed by atoms with E-state index in [1.807, 2.05) is 48.5 Å². The van der Waals surface area contributed by atoms with Gasteiger partial charge in [0, 0.05) is 11.0 Å². The lowest BCUT2D eigenvalue weighted by molar-refractivity contribution is -0.123. The van der Waals surface area contributed by atoms with Crippen LogP contribution in [0.4, 0.5) is 5.13 Å². The van der Waals surface area contributed by atoms with Crippen molar-refractivity contribution < 1.29 is 13.2 Å². The van der Waals surface area contributed by atoms with E-state index in [0.717, 1.165) is 33.1 Å². The number of sulfonamides is 1. The zero-order chi connectivity index (χ0) is 21.3. The number of benzene rings is 2. The SMILES string of the molecule is CS(=O)(=O)N1CCCCC1C(=O)N(Cc1ccccc1)c1nc2ccc(Br)cc2s1. The van der Waals surface area contributed by atoms with E-state index in [1.54, 1.807) is 4.90 Å². The Labute approximate surface area is 188 Å². The van der Waals surface area contributed by atoms with Crippen LogP contribution in [0.25, 0.3) is 10.2 Å². The Bertz CT molecular complexity index is 1160. The molecule has 1 aromatic heterocycles. The van der Waals surface area contributed by atoms with Crippen molar-refractivity contribution in [3.05, 3.63) is 58.6 Å². The molecule has 1 fully saturated rings. The summed E-state index contributed by atoms with van der Waals surface area (Å²) in [6, 6.07) is 14.8. The number of nitrogens with zero attached hydrogens (tertiary/aromatic N) is 3. The molecule has 1 aliphatic heterocycles. The first-order chi connectivity index (χ1) is 14.3. The van der Waals surface area contributed by atoms with E-state index in [4.69, 9.17) is 0 Å². The number of piperidine rings is 1. The van der Waals surface area contributed by atoms with Crippen LogP contribution < -0.4 is 4.90 Å². The summed E-state index contributed by atoms with van der Waals surface area (Å²) < 4.78 is 27.9. The summed E-state index contributed by atoms with van der Waals surface area (Å²) in [6.45, 7) is 0.718. The number of aromatic nitrogens is 1. The van der Waals surface area contributed by atoms with Crippen molar-refractivity contribution in [1.29, 1.82) is 0 Å². The maximum absolute atomic E-state index is 13.7. The van der Waals surface area contributed by atoms with Crippen molar-refractivity contribution in [2.24, 2.45) is 0 Å². The van der Waals surface area contributed by atoms with Crippen LogP contribution in [0, 0.1) is 0 Å². The third-order valence-electron chi connectivity index (χ3n) is 5.18. The molecule has 1 aliphatic rings. The molecule has 9 heteroatoms. The normalized spacial score (nSPS) is 17.9. The maximum Gasteiger partial charge on any atom is 0.247 e. The second-order valence-corrected chi connectivity index (χ2v) is 11.3. The van der Waals surface area contributed by atoms with Crippen LogP contribution in [0.15, 0.2) is 53.0 Å². The lowest BCUT2D eigenvalue weighted by Crippen LogP contribution is -2.52. The van der Waals surface area contributed by atoms with E-state index in [0.29, 0.717) is 24.6 Å². The smallest absolute Gasteiger partial charge is 0.247 e. The van der Waals surface area contributed by atoms with Gasteiger partial charge in [0.2, 0.25) is 15.9 Å². The monoisotopic (exact) mass is 507 g/mol. The Morgan fingerprint density at radius 3 is 2.73 bits per heavy atom. The lowest BCUT2D eigenvalue weighted by Gasteiger charge is -2.35. The average Bonchev–Trinajstić information content (AvgIpc) is 3.14. The van der Waals surface area contributed by atoms with Gasteiger partial charge >= 0.3 is 0 Å². The standard InChI is InChI=1S/C21H22BrN3O3S2/c1-30(27,28)25-12-6-5-9-18(25)20(26)24(14-15-7-3-2-4-8-15)21-23-17-11-10-16(22)13-19(17)29-21/h2-4,7-8,10-11,13,18H,5-6,9,12,14H2,1H3. The van der Waals surface area contributed by atoms with Gasteiger partial charge in [-0.1, -0.05) is 64.0 Å². The lowest BCUT2D eigenvalue weighted by atomic mass is 10.0. The van der Waals surface area contributed by atoms with Crippen LogP contribution in [0.2, 0.25) is 0 Å². The second kappa shape index (κ2) is 8.74. The number of halogens is 1. The molecule has 30 heavy (non-hydrogen) atoms. The zero-order valence-corrected chi connectivity index (χ0v) is 19.7. The highest BCUT2D eigenvalue weighted by molar-refractivity contribution is 9.10. The fourth-order valence-corrected chi connectivity index (χ4v) is 6.38. The molecule has 0 spiro atoms. The number of rotatable bonds is 5. The molecule has 0 bridgehead atoms. The molecular weight excluding hydrogens is 486 g/mol. The minimum atomic E-state index is -3.48. The highest BCUT2D eigenvalue weighted by Gasteiger charge is 2.38. The first-order valence-corrected chi connectivity index (χ1v) is 13.2. The third kappa shape index (κ3) is 4.59. The molecule has 0 N–H and O–H groups in total. The van der Waals surface area contributed by atoms with Crippen LogP contribution >= 0.6 is 27.3 Å². The summed E-state index contributed by atoms with van der Waals surface area (Å²) in [5.41, 5.74) is 1.78. The molecule has 2 heterocycles. The Hall–Kier alpha value is -1.81. The van der Waals surface area contributed by atoms with Crippen LogP contribution in [0.1, 0.15) is 24.8 Å². The van der Waals surface area contributed by atoms with E-state index in [1.165, 1.54) is 21.9 Å². The van der Waals surface area contributed by atoms with Gasteiger partial charge in [0.1, 0.15) is 6.04 Å². The van der Waals surface area contributed by atoms with E-state index in [-0.39, 0.29) is 5.91 Å². The van der Waals surface area contributed by atoms with Crippen molar-refractivity contribution in [2.75, 3.05) is 17.7 Å². The van der Waals surface area contributed by atoms with E-state index in [2.05, 4.69) is 20.9 Å². The number of amides is 1. The van der Waals surface area contributed by atoms with Crippen molar-refractivity contribution in [2.45, 2.75) is 31.8 Å². The molecule has 0 radical (unpaired) electrons. The topological polar surface area (TPSA) is 70.6 Å². The number of anilines is 1. The molecule has 6 nitrogen and oxygen atoms in total. The van der Waals surface area contributed by atoms with Gasteiger partial charge < -0.3 is 0 Å². The predicted octanol–water partition coefficient (Wildman–Crippen LogP) is 4.41. The molecule has 1 unspecified atom stereocenters. The van der Waals surface area contributed by atoms with Gasteiger partial charge in [0.25, 0.3) is 0 Å². The summed E-state index contributed by atoms with van der Waals surface area (Å²) in [6.07, 6.45) is 3.29. The summed E-state index contributed by atoms with van der Waals surface area (Å²) in [7, 11) is -3.48. The van der Waals surface area contributed by atoms with Gasteiger partial charge in [0.05, 0.1) is 23.0 Å². The quantitative estimate of drug-likeness (QED) is 0.512. The molecule has 0 aliphatic carbocycles. The summed E-state index contributed by atoms with van der Waals surface area (Å²) in [5.74, 6) is -0.220. The molecule has 1 saturated heterocycles. The van der Waals surface area contributed by atoms with Crippen LogP contribution in [0.3, 0.4) is 0 Å². The average molecular weight is 508 g/mol. The van der Waals surface area contributed by atoms with Crippen LogP contribution in [0.5, 0.6) is 0 Å². The Morgan fingerprint density at radius 1 is 1.23 bits per heavy atom. The summed E-state index contributed by atoms with van der Waals surface area (Å²) in [4.78, 5) is 20.0. The molecule has 1 amide bonds. The molecule has 4 rings (SSSR count). The van der Waals surface area contributed by atoms with Gasteiger partial charge in [-0.15, -0.1) is 0 Å². The molecule has 1 atom stereocenters. The second-order valence-electron chi connectivity index (χ2n) is 7.40. The Kier molecular flexibility index (Phi) is 6.24. The van der Waals surface area contributed by atoms with Crippen molar-refractivity contribution in [3.63, 3.8) is 0 Å². The molecule has 2 aromatic carbocycles. The maximum atomic E-state index is 13.7. The molecule has 3 aromatic rings. The fourth-order valence-electron chi connectivity index (χ4n) is 3.74. The number of thiazole rings is 1. The highest BCUT2D eigenvalue weighted by Crippen LogP contribution is 2.33. The number of carbonyl (C=O) groups excluding carboxylic acids is 1. The van der Waals surface area contributed by atoms with Gasteiger partial charge in [0.15, 0.2) is 5.13 Å². The van der Waals surface area contributed by atoms with Gasteiger partial charge in [-0.2, -0.15) is 4.31 Å². The predicted molar refractivity (Wildman–Crippen MR) is 124 cm³/mol.